The number of hydrogen-bond acceptors (Lipinski definition) is 10. The second-order valence-electron chi connectivity index (χ2n) is 5.22. The molecule has 0 fully saturated rings. The van der Waals surface area contributed by atoms with Crippen LogP contribution in [0.1, 0.15) is 0 Å². The van der Waals surface area contributed by atoms with Crippen molar-refractivity contribution in [2.24, 2.45) is 0 Å². The van der Waals surface area contributed by atoms with Gasteiger partial charge in [-0.3, -0.25) is 14.9 Å². The largest absolute Gasteiger partial charge is 0.357 e. The van der Waals surface area contributed by atoms with Gasteiger partial charge >= 0.3 is 0 Å². The predicted octanol–water partition coefficient (Wildman–Crippen LogP) is 3.90. The molecule has 0 unspecified atom stereocenters. The summed E-state index contributed by atoms with van der Waals surface area (Å²) in [6.45, 7) is 4.21. The van der Waals surface area contributed by atoms with Crippen LogP contribution in [0, 0.1) is 10.1 Å². The Bertz CT molecular complexity index is 1000. The van der Waals surface area contributed by atoms with E-state index in [9.17, 15) is 14.9 Å². The average molecular weight is 435 g/mol. The summed E-state index contributed by atoms with van der Waals surface area (Å²) in [5.41, 5.74) is 1.18. The number of carbonyl (C=O) groups excluding carboxylic acids is 1. The SMILES string of the molecule is C=CCNc1nnc(SCC(=O)Nc2nc(-c3cccc([N+](=O)[O-])c3)cs2)s1. The van der Waals surface area contributed by atoms with Gasteiger partial charge in [-0.05, 0) is 0 Å². The van der Waals surface area contributed by atoms with Crippen molar-refractivity contribution in [2.75, 3.05) is 22.9 Å². The van der Waals surface area contributed by atoms with E-state index in [1.165, 1.54) is 46.6 Å². The summed E-state index contributed by atoms with van der Waals surface area (Å²) < 4.78 is 0.679. The molecule has 12 heteroatoms. The number of non-ortho nitro benzene ring substituents is 1. The molecule has 0 aliphatic rings. The van der Waals surface area contributed by atoms with Gasteiger partial charge in [0, 0.05) is 29.6 Å². The normalized spacial score (nSPS) is 10.4. The number of nitro benzene ring substituents is 1. The lowest BCUT2D eigenvalue weighted by molar-refractivity contribution is -0.384. The van der Waals surface area contributed by atoms with Crippen LogP contribution < -0.4 is 10.6 Å². The number of amides is 1. The molecule has 2 heterocycles. The van der Waals surface area contributed by atoms with E-state index in [0.29, 0.717) is 32.4 Å². The Morgan fingerprint density at radius 2 is 2.21 bits per heavy atom. The van der Waals surface area contributed by atoms with Crippen LogP contribution in [0.4, 0.5) is 16.0 Å². The zero-order valence-electron chi connectivity index (χ0n) is 14.3. The number of anilines is 2. The van der Waals surface area contributed by atoms with Crippen molar-refractivity contribution in [3.8, 4) is 11.3 Å². The molecule has 1 amide bonds. The highest BCUT2D eigenvalue weighted by molar-refractivity contribution is 8.01. The molecule has 0 spiro atoms. The first kappa shape index (κ1) is 19.9. The fourth-order valence-corrected chi connectivity index (χ4v) is 4.32. The third-order valence-corrected chi connectivity index (χ3v) is 6.01. The van der Waals surface area contributed by atoms with Crippen LogP contribution in [0.2, 0.25) is 0 Å². The van der Waals surface area contributed by atoms with Gasteiger partial charge in [-0.15, -0.1) is 28.1 Å². The third kappa shape index (κ3) is 5.34. The minimum atomic E-state index is -0.457. The molecule has 0 saturated carbocycles. The molecule has 144 valence electrons. The van der Waals surface area contributed by atoms with Gasteiger partial charge in [-0.25, -0.2) is 4.98 Å². The number of nitrogens with one attached hydrogen (secondary N) is 2. The van der Waals surface area contributed by atoms with Gasteiger partial charge in [0.2, 0.25) is 11.0 Å². The molecule has 0 aliphatic carbocycles. The van der Waals surface area contributed by atoms with E-state index >= 15 is 0 Å². The zero-order valence-corrected chi connectivity index (χ0v) is 16.8. The van der Waals surface area contributed by atoms with Gasteiger partial charge in [0.25, 0.3) is 5.69 Å². The molecule has 0 bridgehead atoms. The molecule has 1 aromatic carbocycles. The Kier molecular flexibility index (Phi) is 6.68. The molecule has 2 aromatic heterocycles. The predicted molar refractivity (Wildman–Crippen MR) is 112 cm³/mol. The maximum Gasteiger partial charge on any atom is 0.270 e. The number of aromatic nitrogens is 3. The van der Waals surface area contributed by atoms with E-state index in [1.54, 1.807) is 23.6 Å². The highest BCUT2D eigenvalue weighted by Crippen LogP contribution is 2.28. The first-order chi connectivity index (χ1) is 13.5. The summed E-state index contributed by atoms with van der Waals surface area (Å²) in [6.07, 6.45) is 1.72. The average Bonchev–Trinajstić information content (AvgIpc) is 3.34. The van der Waals surface area contributed by atoms with Gasteiger partial charge in [-0.2, -0.15) is 0 Å². The lowest BCUT2D eigenvalue weighted by Crippen LogP contribution is -2.13. The van der Waals surface area contributed by atoms with Gasteiger partial charge < -0.3 is 10.6 Å². The Morgan fingerprint density at radius 1 is 1.36 bits per heavy atom. The van der Waals surface area contributed by atoms with E-state index in [4.69, 9.17) is 0 Å². The Labute approximate surface area is 172 Å². The number of benzene rings is 1. The summed E-state index contributed by atoms with van der Waals surface area (Å²) in [4.78, 5) is 26.9. The molecular formula is C16H14N6O3S3. The molecule has 9 nitrogen and oxygen atoms in total. The van der Waals surface area contributed by atoms with E-state index in [2.05, 4.69) is 32.4 Å². The molecule has 3 rings (SSSR count). The van der Waals surface area contributed by atoms with Crippen LogP contribution in [0.15, 0.2) is 46.6 Å². The van der Waals surface area contributed by atoms with Crippen LogP contribution in [-0.2, 0) is 4.79 Å². The van der Waals surface area contributed by atoms with Crippen LogP contribution in [-0.4, -0.2) is 38.3 Å². The number of hydrogen-bond donors (Lipinski definition) is 2. The Morgan fingerprint density at radius 3 is 3.00 bits per heavy atom. The first-order valence-corrected chi connectivity index (χ1v) is 10.5. The first-order valence-electron chi connectivity index (χ1n) is 7.86. The van der Waals surface area contributed by atoms with E-state index in [0.717, 1.165) is 0 Å². The molecule has 2 N–H and O–H groups in total. The van der Waals surface area contributed by atoms with E-state index in [-0.39, 0.29) is 17.3 Å². The number of carbonyl (C=O) groups is 1. The molecule has 0 aliphatic heterocycles. The Hall–Kier alpha value is -2.83. The lowest BCUT2D eigenvalue weighted by atomic mass is 10.1. The van der Waals surface area contributed by atoms with Crippen molar-refractivity contribution >= 4 is 56.3 Å². The standard InChI is InChI=1S/C16H14N6O3S3/c1-2-6-17-14-20-21-16(28-14)27-9-13(23)19-15-18-12(8-26-15)10-4-3-5-11(7-10)22(24)25/h2-5,7-8H,1,6,9H2,(H,17,20)(H,18,19,23). The number of nitrogens with zero attached hydrogens (tertiary/aromatic N) is 4. The quantitative estimate of drug-likeness (QED) is 0.225. The second-order valence-corrected chi connectivity index (χ2v) is 8.28. The molecule has 0 saturated heterocycles. The van der Waals surface area contributed by atoms with Gasteiger partial charge in [0.15, 0.2) is 9.47 Å². The van der Waals surface area contributed by atoms with Crippen LogP contribution in [0.25, 0.3) is 11.3 Å². The smallest absolute Gasteiger partial charge is 0.270 e. The number of thiazole rings is 1. The summed E-state index contributed by atoms with van der Waals surface area (Å²) >= 11 is 3.89. The summed E-state index contributed by atoms with van der Waals surface area (Å²) in [5.74, 6) is -0.0531. The van der Waals surface area contributed by atoms with Crippen LogP contribution in [0.3, 0.4) is 0 Å². The van der Waals surface area contributed by atoms with Crippen molar-refractivity contribution < 1.29 is 9.72 Å². The van der Waals surface area contributed by atoms with E-state index < -0.39 is 4.92 Å². The highest BCUT2D eigenvalue weighted by atomic mass is 32.2. The van der Waals surface area contributed by atoms with Crippen LogP contribution >= 0.6 is 34.4 Å². The molecule has 0 radical (unpaired) electrons. The fraction of sp³-hybridized carbons (Fsp3) is 0.125. The minimum absolute atomic E-state index is 0.00788. The number of thioether (sulfide) groups is 1. The van der Waals surface area contributed by atoms with Crippen molar-refractivity contribution in [3.63, 3.8) is 0 Å². The van der Waals surface area contributed by atoms with Crippen molar-refractivity contribution in [2.45, 2.75) is 4.34 Å². The van der Waals surface area contributed by atoms with Crippen molar-refractivity contribution in [1.29, 1.82) is 0 Å². The van der Waals surface area contributed by atoms with Gasteiger partial charge in [0.1, 0.15) is 0 Å². The van der Waals surface area contributed by atoms with Gasteiger partial charge in [-0.1, -0.05) is 41.3 Å². The maximum atomic E-state index is 12.1. The topological polar surface area (TPSA) is 123 Å². The summed E-state index contributed by atoms with van der Waals surface area (Å²) in [7, 11) is 0. The van der Waals surface area contributed by atoms with Crippen molar-refractivity contribution in [3.05, 3.63) is 52.4 Å². The third-order valence-electron chi connectivity index (χ3n) is 3.23. The molecule has 0 atom stereocenters. The fourth-order valence-electron chi connectivity index (χ4n) is 2.02. The lowest BCUT2D eigenvalue weighted by Gasteiger charge is -2.00. The molecular weight excluding hydrogens is 420 g/mol. The Balaban J connectivity index is 1.55. The highest BCUT2D eigenvalue weighted by Gasteiger charge is 2.12. The monoisotopic (exact) mass is 434 g/mol. The number of rotatable bonds is 9. The maximum absolute atomic E-state index is 12.1. The summed E-state index contributed by atoms with van der Waals surface area (Å²) in [6, 6.07) is 6.20. The number of nitro groups is 1. The minimum Gasteiger partial charge on any atom is -0.357 e. The van der Waals surface area contributed by atoms with E-state index in [1.807, 2.05) is 0 Å². The molecule has 3 aromatic rings. The van der Waals surface area contributed by atoms with Crippen LogP contribution in [0.5, 0.6) is 0 Å². The van der Waals surface area contributed by atoms with Crippen molar-refractivity contribution in [1.82, 2.24) is 15.2 Å². The van der Waals surface area contributed by atoms with Gasteiger partial charge in [0.05, 0.1) is 16.4 Å². The zero-order chi connectivity index (χ0) is 19.9. The molecule has 28 heavy (non-hydrogen) atoms. The summed E-state index contributed by atoms with van der Waals surface area (Å²) in [5, 5.41) is 27.5. The second kappa shape index (κ2) is 9.39.